The summed E-state index contributed by atoms with van der Waals surface area (Å²) in [6.07, 6.45) is 6.12. The average Bonchev–Trinajstić information content (AvgIpc) is 2.71. The van der Waals surface area contributed by atoms with Crippen LogP contribution in [-0.4, -0.2) is 25.7 Å². The molecular weight excluding hydrogens is 168 g/mol. The van der Waals surface area contributed by atoms with Gasteiger partial charge in [-0.25, -0.2) is 15.0 Å². The first-order chi connectivity index (χ1) is 6.38. The van der Waals surface area contributed by atoms with E-state index in [9.17, 15) is 4.79 Å². The highest BCUT2D eigenvalue weighted by Crippen LogP contribution is 1.97. The second kappa shape index (κ2) is 3.14. The number of carbonyl (C=O) groups is 1. The summed E-state index contributed by atoms with van der Waals surface area (Å²) in [6.45, 7) is 0. The van der Waals surface area contributed by atoms with Crippen LogP contribution < -0.4 is 0 Å². The molecule has 0 saturated carbocycles. The van der Waals surface area contributed by atoms with Gasteiger partial charge in [0.1, 0.15) is 0 Å². The van der Waals surface area contributed by atoms with Crippen molar-refractivity contribution in [3.8, 4) is 0 Å². The number of hydrogen-bond acceptors (Lipinski definition) is 4. The molecule has 0 aliphatic rings. The predicted octanol–water partition coefficient (Wildman–Crippen LogP) is 0.431. The van der Waals surface area contributed by atoms with E-state index in [-0.39, 0.29) is 17.4 Å². The lowest BCUT2D eigenvalue weighted by atomic mass is 10.3. The van der Waals surface area contributed by atoms with Crippen LogP contribution in [0.15, 0.2) is 30.9 Å². The highest BCUT2D eigenvalue weighted by Gasteiger charge is 2.12. The summed E-state index contributed by atoms with van der Waals surface area (Å²) in [5.41, 5.74) is 0. The molecule has 13 heavy (non-hydrogen) atoms. The lowest BCUT2D eigenvalue weighted by molar-refractivity contribution is 0.102. The Balaban J connectivity index is 2.34. The molecule has 0 saturated heterocycles. The average molecular weight is 174 g/mol. The van der Waals surface area contributed by atoms with Gasteiger partial charge in [-0.2, -0.15) is 0 Å². The molecule has 5 nitrogen and oxygen atoms in total. The van der Waals surface area contributed by atoms with Crippen LogP contribution in [0.5, 0.6) is 0 Å². The number of aromatic amines is 1. The van der Waals surface area contributed by atoms with Gasteiger partial charge in [-0.05, 0) is 6.07 Å². The number of rotatable bonds is 2. The van der Waals surface area contributed by atoms with Crippen molar-refractivity contribution in [2.75, 3.05) is 0 Å². The van der Waals surface area contributed by atoms with Gasteiger partial charge >= 0.3 is 0 Å². The Morgan fingerprint density at radius 2 is 1.92 bits per heavy atom. The maximum atomic E-state index is 11.5. The van der Waals surface area contributed by atoms with Gasteiger partial charge in [-0.3, -0.25) is 4.79 Å². The van der Waals surface area contributed by atoms with E-state index < -0.39 is 0 Å². The Morgan fingerprint density at radius 3 is 2.54 bits per heavy atom. The van der Waals surface area contributed by atoms with E-state index in [1.54, 1.807) is 12.3 Å². The molecule has 0 aliphatic carbocycles. The normalized spacial score (nSPS) is 9.85. The Morgan fingerprint density at radius 1 is 1.15 bits per heavy atom. The topological polar surface area (TPSA) is 71.5 Å². The second-order valence-electron chi connectivity index (χ2n) is 2.34. The van der Waals surface area contributed by atoms with Crippen LogP contribution in [-0.2, 0) is 0 Å². The van der Waals surface area contributed by atoms with Gasteiger partial charge in [-0.1, -0.05) is 0 Å². The van der Waals surface area contributed by atoms with Crippen molar-refractivity contribution in [3.05, 3.63) is 42.5 Å². The number of ketones is 1. The number of hydrogen-bond donors (Lipinski definition) is 1. The molecule has 5 heteroatoms. The third-order valence-corrected chi connectivity index (χ3v) is 1.48. The molecule has 0 atom stereocenters. The summed E-state index contributed by atoms with van der Waals surface area (Å²) < 4.78 is 0. The van der Waals surface area contributed by atoms with Crippen LogP contribution in [0.25, 0.3) is 0 Å². The maximum absolute atomic E-state index is 11.5. The summed E-state index contributed by atoms with van der Waals surface area (Å²) in [5.74, 6) is 0.106. The first-order valence-corrected chi connectivity index (χ1v) is 3.69. The molecule has 0 bridgehead atoms. The van der Waals surface area contributed by atoms with Crippen molar-refractivity contribution < 1.29 is 4.79 Å². The molecule has 0 aromatic carbocycles. The van der Waals surface area contributed by atoms with Gasteiger partial charge < -0.3 is 4.98 Å². The monoisotopic (exact) mass is 174 g/mol. The Labute approximate surface area is 73.9 Å². The van der Waals surface area contributed by atoms with Crippen molar-refractivity contribution in [2.45, 2.75) is 0 Å². The van der Waals surface area contributed by atoms with Crippen LogP contribution in [0.1, 0.15) is 16.4 Å². The smallest absolute Gasteiger partial charge is 0.265 e. The predicted molar refractivity (Wildman–Crippen MR) is 44.1 cm³/mol. The van der Waals surface area contributed by atoms with Crippen molar-refractivity contribution in [1.29, 1.82) is 0 Å². The molecule has 0 fully saturated rings. The van der Waals surface area contributed by atoms with Gasteiger partial charge in [0.05, 0.1) is 0 Å². The largest absolute Gasteiger partial charge is 0.342 e. The molecule has 0 radical (unpaired) electrons. The lowest BCUT2D eigenvalue weighted by Gasteiger charge is -1.92. The van der Waals surface area contributed by atoms with E-state index in [0.29, 0.717) is 0 Å². The van der Waals surface area contributed by atoms with Crippen LogP contribution in [0, 0.1) is 0 Å². The van der Waals surface area contributed by atoms with Gasteiger partial charge in [-0.15, -0.1) is 0 Å². The molecule has 1 N–H and O–H groups in total. The summed E-state index contributed by atoms with van der Waals surface area (Å²) in [6, 6.07) is 1.65. The fourth-order valence-electron chi connectivity index (χ4n) is 0.912. The van der Waals surface area contributed by atoms with E-state index in [0.717, 1.165) is 0 Å². The molecule has 2 rings (SSSR count). The summed E-state index contributed by atoms with van der Waals surface area (Å²) >= 11 is 0. The summed E-state index contributed by atoms with van der Waals surface area (Å²) in [7, 11) is 0. The molecule has 0 unspecified atom stereocenters. The molecule has 0 spiro atoms. The van der Waals surface area contributed by atoms with Crippen molar-refractivity contribution in [1.82, 2.24) is 19.9 Å². The lowest BCUT2D eigenvalue weighted by Crippen LogP contribution is -2.07. The van der Waals surface area contributed by atoms with Crippen molar-refractivity contribution >= 4 is 5.78 Å². The van der Waals surface area contributed by atoms with Crippen LogP contribution in [0.2, 0.25) is 0 Å². The molecule has 64 valence electrons. The molecule has 0 amide bonds. The zero-order chi connectivity index (χ0) is 9.10. The number of aromatic nitrogens is 4. The number of H-pyrrole nitrogens is 1. The van der Waals surface area contributed by atoms with Gasteiger partial charge in [0, 0.05) is 24.8 Å². The first kappa shape index (κ1) is 7.60. The third kappa shape index (κ3) is 1.44. The van der Waals surface area contributed by atoms with E-state index in [4.69, 9.17) is 0 Å². The number of nitrogens with zero attached hydrogens (tertiary/aromatic N) is 3. The van der Waals surface area contributed by atoms with E-state index in [1.807, 2.05) is 0 Å². The molecule has 0 aliphatic heterocycles. The van der Waals surface area contributed by atoms with Crippen LogP contribution >= 0.6 is 0 Å². The van der Waals surface area contributed by atoms with Crippen molar-refractivity contribution in [2.24, 2.45) is 0 Å². The third-order valence-electron chi connectivity index (χ3n) is 1.48. The quantitative estimate of drug-likeness (QED) is 0.670. The number of nitrogens with one attached hydrogen (secondary N) is 1. The molecular formula is C8H6N4O. The van der Waals surface area contributed by atoms with E-state index in [2.05, 4.69) is 19.9 Å². The summed E-state index contributed by atoms with van der Waals surface area (Å²) in [5, 5.41) is 0. The Hall–Kier alpha value is -2.04. The second-order valence-corrected chi connectivity index (χ2v) is 2.34. The fourth-order valence-corrected chi connectivity index (χ4v) is 0.912. The van der Waals surface area contributed by atoms with Crippen molar-refractivity contribution in [3.63, 3.8) is 0 Å². The van der Waals surface area contributed by atoms with E-state index >= 15 is 0 Å². The number of carbonyl (C=O) groups excluding carboxylic acids is 1. The highest BCUT2D eigenvalue weighted by molar-refractivity contribution is 6.03. The van der Waals surface area contributed by atoms with Gasteiger partial charge in [0.25, 0.3) is 5.78 Å². The summed E-state index contributed by atoms with van der Waals surface area (Å²) in [4.78, 5) is 25.6. The standard InChI is InChI=1S/C8H6N4O/c13-6(8-11-4-5-12-8)7-9-2-1-3-10-7/h1-5H,(H,11,12). The minimum atomic E-state index is -0.300. The Kier molecular flexibility index (Phi) is 1.84. The van der Waals surface area contributed by atoms with Gasteiger partial charge in [0.2, 0.25) is 5.82 Å². The van der Waals surface area contributed by atoms with Crippen LogP contribution in [0.3, 0.4) is 0 Å². The highest BCUT2D eigenvalue weighted by atomic mass is 16.1. The fraction of sp³-hybridized carbons (Fsp3) is 0. The van der Waals surface area contributed by atoms with Gasteiger partial charge in [0.15, 0.2) is 5.82 Å². The number of imidazole rings is 1. The molecule has 2 aromatic rings. The Bertz CT molecular complexity index is 395. The minimum absolute atomic E-state index is 0.150. The zero-order valence-corrected chi connectivity index (χ0v) is 6.64. The molecule has 2 heterocycles. The SMILES string of the molecule is O=C(c1ncccn1)c1ncc[nH]1. The minimum Gasteiger partial charge on any atom is -0.342 e. The maximum Gasteiger partial charge on any atom is 0.265 e. The zero-order valence-electron chi connectivity index (χ0n) is 6.64. The van der Waals surface area contributed by atoms with E-state index in [1.165, 1.54) is 18.6 Å². The molecule has 2 aromatic heterocycles. The first-order valence-electron chi connectivity index (χ1n) is 3.69. The van der Waals surface area contributed by atoms with Crippen LogP contribution in [0.4, 0.5) is 0 Å².